The Hall–Kier alpha value is -0.570. The number of nitrogens with one attached hydrogen (secondary N) is 1. The number of amides is 1. The van der Waals surface area contributed by atoms with Crippen LogP contribution in [0.3, 0.4) is 0 Å². The van der Waals surface area contributed by atoms with E-state index in [0.717, 1.165) is 0 Å². The van der Waals surface area contributed by atoms with Crippen molar-refractivity contribution in [2.24, 2.45) is 11.7 Å². The average molecular weight is 210 g/mol. The topological polar surface area (TPSA) is 55.1 Å². The van der Waals surface area contributed by atoms with Crippen LogP contribution in [0.15, 0.2) is 0 Å². The summed E-state index contributed by atoms with van der Waals surface area (Å²) in [7, 11) is 0. The Morgan fingerprint density at radius 2 is 1.60 bits per heavy atom. The highest BCUT2D eigenvalue weighted by Crippen LogP contribution is 2.29. The first-order chi connectivity index (χ1) is 7.27. The number of primary amides is 1. The lowest BCUT2D eigenvalue weighted by Crippen LogP contribution is -2.49. The second kappa shape index (κ2) is 4.97. The Morgan fingerprint density at radius 1 is 1.07 bits per heavy atom. The molecule has 3 N–H and O–H groups in total. The van der Waals surface area contributed by atoms with Crippen molar-refractivity contribution >= 4 is 5.91 Å². The van der Waals surface area contributed by atoms with E-state index < -0.39 is 0 Å². The van der Waals surface area contributed by atoms with Gasteiger partial charge in [-0.25, -0.2) is 0 Å². The fourth-order valence-electron chi connectivity index (χ4n) is 3.09. The van der Waals surface area contributed by atoms with Crippen molar-refractivity contribution in [1.82, 2.24) is 5.32 Å². The maximum Gasteiger partial charge on any atom is 0.234 e. The SMILES string of the molecule is NC(=O)C(NC1CCCC1)C1CCCC1. The molecule has 0 spiro atoms. The van der Waals surface area contributed by atoms with E-state index in [9.17, 15) is 4.79 Å². The minimum atomic E-state index is -0.145. The zero-order chi connectivity index (χ0) is 10.7. The van der Waals surface area contributed by atoms with Gasteiger partial charge in [0, 0.05) is 6.04 Å². The number of rotatable bonds is 4. The number of hydrogen-bond acceptors (Lipinski definition) is 2. The van der Waals surface area contributed by atoms with Gasteiger partial charge < -0.3 is 11.1 Å². The molecule has 2 saturated carbocycles. The molecule has 0 aromatic rings. The van der Waals surface area contributed by atoms with E-state index in [-0.39, 0.29) is 11.9 Å². The third-order valence-electron chi connectivity index (χ3n) is 3.95. The third-order valence-corrected chi connectivity index (χ3v) is 3.95. The molecule has 2 aliphatic carbocycles. The lowest BCUT2D eigenvalue weighted by molar-refractivity contribution is -0.121. The predicted octanol–water partition coefficient (Wildman–Crippen LogP) is 1.56. The maximum absolute atomic E-state index is 11.4. The zero-order valence-corrected chi connectivity index (χ0v) is 9.37. The lowest BCUT2D eigenvalue weighted by atomic mass is 9.96. The number of carbonyl (C=O) groups excluding carboxylic acids is 1. The Morgan fingerprint density at radius 3 is 2.13 bits per heavy atom. The van der Waals surface area contributed by atoms with Crippen molar-refractivity contribution in [1.29, 1.82) is 0 Å². The molecule has 3 nitrogen and oxygen atoms in total. The largest absolute Gasteiger partial charge is 0.368 e. The number of carbonyl (C=O) groups is 1. The van der Waals surface area contributed by atoms with E-state index in [4.69, 9.17) is 5.73 Å². The quantitative estimate of drug-likeness (QED) is 0.740. The van der Waals surface area contributed by atoms with Crippen LogP contribution in [0.1, 0.15) is 51.4 Å². The normalized spacial score (nSPS) is 25.9. The average Bonchev–Trinajstić information content (AvgIpc) is 2.87. The van der Waals surface area contributed by atoms with Crippen LogP contribution in [0.25, 0.3) is 0 Å². The summed E-state index contributed by atoms with van der Waals surface area (Å²) in [4.78, 5) is 11.4. The molecule has 15 heavy (non-hydrogen) atoms. The summed E-state index contributed by atoms with van der Waals surface area (Å²) in [6.45, 7) is 0. The van der Waals surface area contributed by atoms with Crippen LogP contribution >= 0.6 is 0 Å². The van der Waals surface area contributed by atoms with Crippen LogP contribution in [0, 0.1) is 5.92 Å². The first-order valence-corrected chi connectivity index (χ1v) is 6.33. The molecular formula is C12H22N2O. The monoisotopic (exact) mass is 210 g/mol. The Kier molecular flexibility index (Phi) is 3.62. The summed E-state index contributed by atoms with van der Waals surface area (Å²) >= 11 is 0. The summed E-state index contributed by atoms with van der Waals surface area (Å²) in [5, 5.41) is 3.48. The summed E-state index contributed by atoms with van der Waals surface area (Å²) < 4.78 is 0. The molecule has 2 rings (SSSR count). The summed E-state index contributed by atoms with van der Waals surface area (Å²) in [5.74, 6) is 0.358. The highest BCUT2D eigenvalue weighted by atomic mass is 16.1. The molecular weight excluding hydrogens is 188 g/mol. The lowest BCUT2D eigenvalue weighted by Gasteiger charge is -2.25. The van der Waals surface area contributed by atoms with Gasteiger partial charge in [0.05, 0.1) is 6.04 Å². The molecule has 86 valence electrons. The smallest absolute Gasteiger partial charge is 0.234 e. The first kappa shape index (κ1) is 10.9. The zero-order valence-electron chi connectivity index (χ0n) is 9.37. The Balaban J connectivity index is 1.89. The number of hydrogen-bond donors (Lipinski definition) is 2. The van der Waals surface area contributed by atoms with Gasteiger partial charge in [-0.15, -0.1) is 0 Å². The fraction of sp³-hybridized carbons (Fsp3) is 0.917. The van der Waals surface area contributed by atoms with Crippen LogP contribution < -0.4 is 11.1 Å². The van der Waals surface area contributed by atoms with Crippen LogP contribution in [0.4, 0.5) is 0 Å². The van der Waals surface area contributed by atoms with Crippen LogP contribution in [-0.4, -0.2) is 18.0 Å². The van der Waals surface area contributed by atoms with E-state index in [0.29, 0.717) is 12.0 Å². The van der Waals surface area contributed by atoms with E-state index >= 15 is 0 Å². The summed E-state index contributed by atoms with van der Waals surface area (Å²) in [6, 6.07) is 0.485. The molecule has 0 heterocycles. The minimum absolute atomic E-state index is 0.0596. The molecule has 1 atom stereocenters. The molecule has 0 bridgehead atoms. The number of nitrogens with two attached hydrogens (primary N) is 1. The van der Waals surface area contributed by atoms with Gasteiger partial charge in [-0.1, -0.05) is 25.7 Å². The summed E-state index contributed by atoms with van der Waals surface area (Å²) in [5.41, 5.74) is 5.49. The van der Waals surface area contributed by atoms with Crippen molar-refractivity contribution in [3.8, 4) is 0 Å². The van der Waals surface area contributed by atoms with E-state index in [2.05, 4.69) is 5.32 Å². The van der Waals surface area contributed by atoms with E-state index in [1.165, 1.54) is 51.4 Å². The minimum Gasteiger partial charge on any atom is -0.368 e. The van der Waals surface area contributed by atoms with Crippen LogP contribution in [0.2, 0.25) is 0 Å². The Labute approximate surface area is 91.8 Å². The Bertz CT molecular complexity index is 218. The highest BCUT2D eigenvalue weighted by Gasteiger charge is 2.31. The van der Waals surface area contributed by atoms with Crippen molar-refractivity contribution in [3.05, 3.63) is 0 Å². The first-order valence-electron chi connectivity index (χ1n) is 6.33. The summed E-state index contributed by atoms with van der Waals surface area (Å²) in [6.07, 6.45) is 9.91. The van der Waals surface area contributed by atoms with Gasteiger partial charge in [0.1, 0.15) is 0 Å². The molecule has 2 fully saturated rings. The highest BCUT2D eigenvalue weighted by molar-refractivity contribution is 5.80. The molecule has 2 aliphatic rings. The van der Waals surface area contributed by atoms with Gasteiger partial charge in [0.15, 0.2) is 0 Å². The van der Waals surface area contributed by atoms with Gasteiger partial charge in [0.2, 0.25) is 5.91 Å². The van der Waals surface area contributed by atoms with Gasteiger partial charge in [0.25, 0.3) is 0 Å². The van der Waals surface area contributed by atoms with E-state index in [1.54, 1.807) is 0 Å². The van der Waals surface area contributed by atoms with Crippen LogP contribution in [0.5, 0.6) is 0 Å². The van der Waals surface area contributed by atoms with Crippen molar-refractivity contribution < 1.29 is 4.79 Å². The molecule has 0 saturated heterocycles. The van der Waals surface area contributed by atoms with Gasteiger partial charge in [-0.3, -0.25) is 4.79 Å². The molecule has 1 unspecified atom stereocenters. The van der Waals surface area contributed by atoms with Crippen molar-refractivity contribution in [2.45, 2.75) is 63.5 Å². The molecule has 1 amide bonds. The second-order valence-corrected chi connectivity index (χ2v) is 5.07. The molecule has 0 aromatic carbocycles. The van der Waals surface area contributed by atoms with Crippen molar-refractivity contribution in [3.63, 3.8) is 0 Å². The standard InChI is InChI=1S/C12H22N2O/c13-12(15)11(9-5-1-2-6-9)14-10-7-3-4-8-10/h9-11,14H,1-8H2,(H2,13,15). The maximum atomic E-state index is 11.4. The van der Waals surface area contributed by atoms with Crippen molar-refractivity contribution in [2.75, 3.05) is 0 Å². The molecule has 0 aromatic heterocycles. The second-order valence-electron chi connectivity index (χ2n) is 5.07. The van der Waals surface area contributed by atoms with Crippen LogP contribution in [-0.2, 0) is 4.79 Å². The van der Waals surface area contributed by atoms with E-state index in [1.807, 2.05) is 0 Å². The van der Waals surface area contributed by atoms with Gasteiger partial charge >= 0.3 is 0 Å². The molecule has 0 aliphatic heterocycles. The fourth-order valence-corrected chi connectivity index (χ4v) is 3.09. The van der Waals surface area contributed by atoms with Gasteiger partial charge in [-0.05, 0) is 31.6 Å². The molecule has 0 radical (unpaired) electrons. The third kappa shape index (κ3) is 2.71. The predicted molar refractivity (Wildman–Crippen MR) is 60.3 cm³/mol. The molecule has 3 heteroatoms. The van der Waals surface area contributed by atoms with Gasteiger partial charge in [-0.2, -0.15) is 0 Å².